The Morgan fingerprint density at radius 1 is 1.17 bits per heavy atom. The topological polar surface area (TPSA) is 121 Å². The molecule has 11 heteroatoms. The highest BCUT2D eigenvalue weighted by atomic mass is 32.2. The molecule has 188 valence electrons. The highest BCUT2D eigenvalue weighted by Crippen LogP contribution is 2.33. The van der Waals surface area contributed by atoms with Gasteiger partial charge in [0.15, 0.2) is 11.5 Å². The molecule has 0 fully saturated rings. The van der Waals surface area contributed by atoms with Gasteiger partial charge in [-0.2, -0.15) is 9.39 Å². The van der Waals surface area contributed by atoms with Crippen molar-refractivity contribution in [2.24, 2.45) is 15.3 Å². The van der Waals surface area contributed by atoms with Crippen molar-refractivity contribution in [2.45, 2.75) is 27.4 Å². The van der Waals surface area contributed by atoms with Crippen LogP contribution in [0.1, 0.15) is 30.5 Å². The minimum Gasteiger partial charge on any atom is -0.493 e. The fraction of sp³-hybridized carbons (Fsp3) is 0.280. The van der Waals surface area contributed by atoms with Gasteiger partial charge in [-0.05, 0) is 42.2 Å². The van der Waals surface area contributed by atoms with Crippen molar-refractivity contribution in [3.8, 4) is 11.5 Å². The summed E-state index contributed by atoms with van der Waals surface area (Å²) in [5, 5.41) is 8.39. The van der Waals surface area contributed by atoms with Gasteiger partial charge in [-0.25, -0.2) is 13.3 Å². The Labute approximate surface area is 214 Å². The number of aliphatic imine (C=N–C) groups is 1. The molecule has 9 nitrogen and oxygen atoms in total. The van der Waals surface area contributed by atoms with Crippen molar-refractivity contribution in [3.05, 3.63) is 64.7 Å². The van der Waals surface area contributed by atoms with Gasteiger partial charge in [0.05, 0.1) is 30.4 Å². The molecule has 0 radical (unpaired) electrons. The summed E-state index contributed by atoms with van der Waals surface area (Å²) in [6, 6.07) is 13.1. The minimum atomic E-state index is -3.77. The average molecular weight is 527 g/mol. The first-order chi connectivity index (χ1) is 17.1. The van der Waals surface area contributed by atoms with Crippen molar-refractivity contribution in [1.29, 1.82) is 5.41 Å². The zero-order valence-electron chi connectivity index (χ0n) is 20.3. The molecule has 0 saturated heterocycles. The maximum Gasteiger partial charge on any atom is 0.283 e. The Kier molecular flexibility index (Phi) is 7.32. The molecule has 0 aromatic heterocycles. The van der Waals surface area contributed by atoms with E-state index in [9.17, 15) is 13.2 Å². The number of benzene rings is 2. The lowest BCUT2D eigenvalue weighted by molar-refractivity contribution is -0.114. The molecule has 2 aromatic carbocycles. The number of nitrogens with zero attached hydrogens (tertiary/aromatic N) is 3. The summed E-state index contributed by atoms with van der Waals surface area (Å²) < 4.78 is 41.1. The number of carbonyl (C=O) groups is 1. The second-order valence-electron chi connectivity index (χ2n) is 8.77. The van der Waals surface area contributed by atoms with E-state index in [2.05, 4.69) is 9.39 Å². The Balaban J connectivity index is 1.59. The van der Waals surface area contributed by atoms with Crippen LogP contribution in [0.3, 0.4) is 0 Å². The van der Waals surface area contributed by atoms with Gasteiger partial charge in [0.25, 0.3) is 5.91 Å². The minimum absolute atomic E-state index is 0.0517. The van der Waals surface area contributed by atoms with Crippen LogP contribution in [0.4, 0.5) is 0 Å². The summed E-state index contributed by atoms with van der Waals surface area (Å²) in [5.41, 5.74) is 2.67. The van der Waals surface area contributed by atoms with E-state index in [1.54, 1.807) is 32.0 Å². The third kappa shape index (κ3) is 5.36. The fourth-order valence-corrected chi connectivity index (χ4v) is 6.47. The molecule has 1 amide bonds. The zero-order valence-corrected chi connectivity index (χ0v) is 21.9. The highest BCUT2D eigenvalue weighted by Gasteiger charge is 2.42. The normalized spacial score (nSPS) is 16.8. The van der Waals surface area contributed by atoms with Crippen molar-refractivity contribution in [2.75, 3.05) is 12.9 Å². The van der Waals surface area contributed by atoms with Crippen molar-refractivity contribution < 1.29 is 22.7 Å². The number of nitrogens with one attached hydrogen (secondary N) is 1. The molecule has 0 aliphatic carbocycles. The van der Waals surface area contributed by atoms with Crippen LogP contribution in [0.15, 0.2) is 57.4 Å². The zero-order chi connectivity index (χ0) is 26.0. The van der Waals surface area contributed by atoms with Gasteiger partial charge in [0, 0.05) is 0 Å². The number of amidine groups is 3. The summed E-state index contributed by atoms with van der Waals surface area (Å²) in [7, 11) is -2.25. The smallest absolute Gasteiger partial charge is 0.283 e. The first kappa shape index (κ1) is 25.6. The third-order valence-electron chi connectivity index (χ3n) is 5.30. The van der Waals surface area contributed by atoms with E-state index in [-0.39, 0.29) is 33.4 Å². The maximum absolute atomic E-state index is 12.8. The molecule has 2 aromatic rings. The Hall–Kier alpha value is -3.44. The number of rotatable bonds is 7. The first-order valence-electron chi connectivity index (χ1n) is 11.2. The van der Waals surface area contributed by atoms with Gasteiger partial charge in [-0.3, -0.25) is 10.2 Å². The van der Waals surface area contributed by atoms with Crippen LogP contribution in [0.25, 0.3) is 6.08 Å². The Morgan fingerprint density at radius 2 is 1.94 bits per heavy atom. The monoisotopic (exact) mass is 526 g/mol. The quantitative estimate of drug-likeness (QED) is 0.423. The van der Waals surface area contributed by atoms with Crippen LogP contribution in [0, 0.1) is 18.3 Å². The predicted molar refractivity (Wildman–Crippen MR) is 142 cm³/mol. The number of amides is 1. The van der Waals surface area contributed by atoms with Gasteiger partial charge in [-0.15, -0.1) is 0 Å². The Morgan fingerprint density at radius 3 is 2.64 bits per heavy atom. The molecule has 0 saturated carbocycles. The molecular weight excluding hydrogens is 500 g/mol. The lowest BCUT2D eigenvalue weighted by atomic mass is 10.1. The Bertz CT molecular complexity index is 1430. The van der Waals surface area contributed by atoms with Gasteiger partial charge >= 0.3 is 0 Å². The van der Waals surface area contributed by atoms with Crippen LogP contribution in [-0.4, -0.2) is 48.3 Å². The SMILES string of the molecule is COc1cc(/C=C2/C(=N)N3C(=NC2=O)SN=C3S(=O)(=O)CC(C)C)ccc1OCc1cccc(C)c1. The largest absolute Gasteiger partial charge is 0.493 e. The third-order valence-corrected chi connectivity index (χ3v) is 8.05. The second-order valence-corrected chi connectivity index (χ2v) is 11.4. The summed E-state index contributed by atoms with van der Waals surface area (Å²) in [4.78, 5) is 17.8. The van der Waals surface area contributed by atoms with Gasteiger partial charge in [0.1, 0.15) is 12.4 Å². The average Bonchev–Trinajstić information content (AvgIpc) is 3.25. The molecule has 4 rings (SSSR count). The summed E-state index contributed by atoms with van der Waals surface area (Å²) >= 11 is 0.776. The highest BCUT2D eigenvalue weighted by molar-refractivity contribution is 8.16. The molecule has 1 N–H and O–H groups in total. The van der Waals surface area contributed by atoms with E-state index >= 15 is 0 Å². The number of sulfone groups is 1. The maximum atomic E-state index is 12.8. The van der Waals surface area contributed by atoms with Crippen LogP contribution in [-0.2, 0) is 21.2 Å². The summed E-state index contributed by atoms with van der Waals surface area (Å²) in [6.07, 6.45) is 1.48. The number of ether oxygens (including phenoxy) is 2. The number of hydrogen-bond acceptors (Lipinski definition) is 8. The predicted octanol–water partition coefficient (Wildman–Crippen LogP) is 4.23. The lowest BCUT2D eigenvalue weighted by Gasteiger charge is -2.24. The molecule has 2 aliphatic heterocycles. The van der Waals surface area contributed by atoms with Gasteiger partial charge in [0.2, 0.25) is 20.2 Å². The van der Waals surface area contributed by atoms with E-state index in [1.807, 2.05) is 31.2 Å². The number of carbonyl (C=O) groups excluding carboxylic acids is 1. The van der Waals surface area contributed by atoms with E-state index in [0.717, 1.165) is 28.0 Å². The molecule has 36 heavy (non-hydrogen) atoms. The fourth-order valence-electron chi connectivity index (χ4n) is 3.74. The van der Waals surface area contributed by atoms with Gasteiger partial charge in [-0.1, -0.05) is 49.7 Å². The number of aryl methyl sites for hydroxylation is 1. The molecule has 2 heterocycles. The summed E-state index contributed by atoms with van der Waals surface area (Å²) in [5.74, 6) is -0.211. The van der Waals surface area contributed by atoms with E-state index in [1.165, 1.54) is 13.2 Å². The van der Waals surface area contributed by atoms with Crippen LogP contribution < -0.4 is 9.47 Å². The molecule has 0 spiro atoms. The van der Waals surface area contributed by atoms with E-state index in [4.69, 9.17) is 14.9 Å². The van der Waals surface area contributed by atoms with Crippen LogP contribution in [0.2, 0.25) is 0 Å². The molecular formula is C25H26N4O5S2. The standard InChI is InChI=1S/C25H26N4O5S2/c1-15(2)14-36(31,32)25-28-35-24-27-23(30)19(22(26)29(24)25)11-17-8-9-20(21(12-17)33-4)34-13-18-7-5-6-16(3)10-18/h5-12,15,26H,13-14H2,1-4H3/b19-11-,26-22?. The van der Waals surface area contributed by atoms with Gasteiger partial charge < -0.3 is 9.47 Å². The van der Waals surface area contributed by atoms with Crippen LogP contribution in [0.5, 0.6) is 11.5 Å². The van der Waals surface area contributed by atoms with Crippen molar-refractivity contribution in [1.82, 2.24) is 4.90 Å². The van der Waals surface area contributed by atoms with Crippen LogP contribution >= 0.6 is 11.9 Å². The summed E-state index contributed by atoms with van der Waals surface area (Å²) in [6.45, 7) is 5.94. The van der Waals surface area contributed by atoms with Crippen molar-refractivity contribution in [3.63, 3.8) is 0 Å². The van der Waals surface area contributed by atoms with E-state index in [0.29, 0.717) is 23.7 Å². The van der Waals surface area contributed by atoms with E-state index < -0.39 is 15.7 Å². The first-order valence-corrected chi connectivity index (χ1v) is 13.6. The molecule has 2 aliphatic rings. The lowest BCUT2D eigenvalue weighted by Crippen LogP contribution is -2.46. The van der Waals surface area contributed by atoms with Crippen molar-refractivity contribution >= 4 is 49.9 Å². The molecule has 0 unspecified atom stereocenters. The number of hydrogen-bond donors (Lipinski definition) is 1. The number of fused-ring (bicyclic) bond motifs is 1. The molecule has 0 atom stereocenters. The molecule has 0 bridgehead atoms. The second kappa shape index (κ2) is 10.3. The number of methoxy groups -OCH3 is 1.